The number of hydrogen-bond donors (Lipinski definition) is 1. The van der Waals surface area contributed by atoms with Gasteiger partial charge in [0, 0.05) is 10.5 Å². The smallest absolute Gasteiger partial charge is 0.0330 e. The van der Waals surface area contributed by atoms with Gasteiger partial charge in [0.2, 0.25) is 0 Å². The second kappa shape index (κ2) is 6.26. The highest BCUT2D eigenvalue weighted by Gasteiger charge is 2.09. The van der Waals surface area contributed by atoms with E-state index in [2.05, 4.69) is 64.5 Å². The summed E-state index contributed by atoms with van der Waals surface area (Å²) in [4.78, 5) is 2.21. The van der Waals surface area contributed by atoms with Gasteiger partial charge in [-0.3, -0.25) is 0 Å². The van der Waals surface area contributed by atoms with E-state index < -0.39 is 0 Å². The van der Waals surface area contributed by atoms with Crippen LogP contribution in [0, 0.1) is 0 Å². The van der Waals surface area contributed by atoms with Crippen LogP contribution in [-0.2, 0) is 0 Å². The van der Waals surface area contributed by atoms with E-state index in [4.69, 9.17) is 0 Å². The molecule has 0 heterocycles. The Kier molecular flexibility index (Phi) is 5.29. The Hall–Kier alpha value is -0.380. The summed E-state index contributed by atoms with van der Waals surface area (Å²) in [5, 5.41) is 3.35. The average Bonchev–Trinajstić information content (AvgIpc) is 2.18. The van der Waals surface area contributed by atoms with Crippen molar-refractivity contribution in [1.29, 1.82) is 0 Å². The molecule has 1 rings (SSSR count). The molecular formula is C12H19BrN2. The molecule has 1 N–H and O–H groups in total. The van der Waals surface area contributed by atoms with Crippen LogP contribution in [0.1, 0.15) is 18.0 Å². The van der Waals surface area contributed by atoms with Crippen molar-refractivity contribution >= 4 is 15.9 Å². The summed E-state index contributed by atoms with van der Waals surface area (Å²) in [5.74, 6) is 0. The fourth-order valence-electron chi connectivity index (χ4n) is 1.59. The lowest BCUT2D eigenvalue weighted by Gasteiger charge is -2.19. The molecule has 3 heteroatoms. The molecule has 0 bridgehead atoms. The summed E-state index contributed by atoms with van der Waals surface area (Å²) in [5.41, 5.74) is 1.34. The maximum Gasteiger partial charge on any atom is 0.0330 e. The molecule has 0 radical (unpaired) electrons. The first-order valence-electron chi connectivity index (χ1n) is 5.21. The van der Waals surface area contributed by atoms with Crippen LogP contribution >= 0.6 is 15.9 Å². The predicted molar refractivity (Wildman–Crippen MR) is 69.1 cm³/mol. The fraction of sp³-hybridized carbons (Fsp3) is 0.500. The van der Waals surface area contributed by atoms with Crippen molar-refractivity contribution in [3.05, 3.63) is 34.3 Å². The van der Waals surface area contributed by atoms with Gasteiger partial charge in [0.25, 0.3) is 0 Å². The highest BCUT2D eigenvalue weighted by molar-refractivity contribution is 9.10. The van der Waals surface area contributed by atoms with Gasteiger partial charge in [-0.05, 0) is 51.8 Å². The molecular weight excluding hydrogens is 252 g/mol. The topological polar surface area (TPSA) is 15.3 Å². The Morgan fingerprint density at radius 1 is 1.40 bits per heavy atom. The molecule has 1 aromatic rings. The van der Waals surface area contributed by atoms with Crippen LogP contribution in [0.3, 0.4) is 0 Å². The SMILES string of the molecule is CNC(CCN(C)C)c1cccc(Br)c1. The molecule has 0 spiro atoms. The molecule has 1 unspecified atom stereocenters. The van der Waals surface area contributed by atoms with E-state index >= 15 is 0 Å². The van der Waals surface area contributed by atoms with Gasteiger partial charge in [0.05, 0.1) is 0 Å². The summed E-state index contributed by atoms with van der Waals surface area (Å²) in [7, 11) is 6.22. The third-order valence-electron chi connectivity index (χ3n) is 2.46. The summed E-state index contributed by atoms with van der Waals surface area (Å²) in [6.07, 6.45) is 1.12. The number of rotatable bonds is 5. The second-order valence-corrected chi connectivity index (χ2v) is 4.90. The lowest BCUT2D eigenvalue weighted by atomic mass is 10.0. The zero-order valence-electron chi connectivity index (χ0n) is 9.63. The minimum atomic E-state index is 0.435. The maximum atomic E-state index is 3.50. The largest absolute Gasteiger partial charge is 0.313 e. The molecule has 0 aliphatic heterocycles. The molecule has 0 saturated carbocycles. The summed E-state index contributed by atoms with van der Waals surface area (Å²) in [6, 6.07) is 8.92. The number of nitrogens with one attached hydrogen (secondary N) is 1. The van der Waals surface area contributed by atoms with Gasteiger partial charge in [-0.2, -0.15) is 0 Å². The highest BCUT2D eigenvalue weighted by atomic mass is 79.9. The zero-order chi connectivity index (χ0) is 11.3. The maximum absolute atomic E-state index is 3.50. The molecule has 0 saturated heterocycles. The van der Waals surface area contributed by atoms with Crippen molar-refractivity contribution in [2.24, 2.45) is 0 Å². The van der Waals surface area contributed by atoms with Gasteiger partial charge in [-0.1, -0.05) is 28.1 Å². The van der Waals surface area contributed by atoms with Crippen molar-refractivity contribution in [1.82, 2.24) is 10.2 Å². The van der Waals surface area contributed by atoms with Crippen molar-refractivity contribution in [3.63, 3.8) is 0 Å². The Bertz CT molecular complexity index is 299. The molecule has 1 aromatic carbocycles. The van der Waals surface area contributed by atoms with Crippen LogP contribution in [0.15, 0.2) is 28.7 Å². The van der Waals surface area contributed by atoms with Gasteiger partial charge in [0.15, 0.2) is 0 Å². The van der Waals surface area contributed by atoms with E-state index in [-0.39, 0.29) is 0 Å². The number of hydrogen-bond acceptors (Lipinski definition) is 2. The Balaban J connectivity index is 2.65. The number of nitrogens with zero attached hydrogens (tertiary/aromatic N) is 1. The van der Waals surface area contributed by atoms with Crippen LogP contribution in [0.5, 0.6) is 0 Å². The summed E-state index contributed by atoms with van der Waals surface area (Å²) in [6.45, 7) is 1.10. The van der Waals surface area contributed by atoms with Gasteiger partial charge in [-0.25, -0.2) is 0 Å². The van der Waals surface area contributed by atoms with Crippen LogP contribution in [-0.4, -0.2) is 32.6 Å². The second-order valence-electron chi connectivity index (χ2n) is 3.99. The number of halogens is 1. The Labute approximate surface area is 101 Å². The first-order valence-corrected chi connectivity index (χ1v) is 6.00. The van der Waals surface area contributed by atoms with Crippen molar-refractivity contribution in [2.75, 3.05) is 27.7 Å². The Morgan fingerprint density at radius 3 is 2.67 bits per heavy atom. The Morgan fingerprint density at radius 2 is 2.13 bits per heavy atom. The molecule has 0 aliphatic carbocycles. The average molecular weight is 271 g/mol. The standard InChI is InChI=1S/C12H19BrN2/c1-14-12(7-8-15(2)3)10-5-4-6-11(13)9-10/h4-6,9,12,14H,7-8H2,1-3H3. The molecule has 84 valence electrons. The summed E-state index contributed by atoms with van der Waals surface area (Å²) < 4.78 is 1.14. The van der Waals surface area contributed by atoms with Gasteiger partial charge in [0.1, 0.15) is 0 Å². The van der Waals surface area contributed by atoms with Crippen LogP contribution < -0.4 is 5.32 Å². The highest BCUT2D eigenvalue weighted by Crippen LogP contribution is 2.20. The third kappa shape index (κ3) is 4.33. The van der Waals surface area contributed by atoms with E-state index in [0.29, 0.717) is 6.04 Å². The van der Waals surface area contributed by atoms with Crippen LogP contribution in [0.2, 0.25) is 0 Å². The number of benzene rings is 1. The predicted octanol–water partition coefficient (Wildman–Crippen LogP) is 2.66. The van der Waals surface area contributed by atoms with Gasteiger partial charge in [-0.15, -0.1) is 0 Å². The van der Waals surface area contributed by atoms with E-state index in [1.807, 2.05) is 7.05 Å². The van der Waals surface area contributed by atoms with E-state index in [1.165, 1.54) is 5.56 Å². The lowest BCUT2D eigenvalue weighted by molar-refractivity contribution is 0.368. The molecule has 1 atom stereocenters. The van der Waals surface area contributed by atoms with E-state index in [9.17, 15) is 0 Å². The first-order chi connectivity index (χ1) is 7.13. The van der Waals surface area contributed by atoms with E-state index in [1.54, 1.807) is 0 Å². The monoisotopic (exact) mass is 270 g/mol. The lowest BCUT2D eigenvalue weighted by Crippen LogP contribution is -2.22. The zero-order valence-corrected chi connectivity index (χ0v) is 11.2. The first kappa shape index (κ1) is 12.7. The molecule has 2 nitrogen and oxygen atoms in total. The fourth-order valence-corrected chi connectivity index (χ4v) is 2.01. The molecule has 0 aliphatic rings. The molecule has 0 aromatic heterocycles. The molecule has 0 fully saturated rings. The molecule has 15 heavy (non-hydrogen) atoms. The van der Waals surface area contributed by atoms with Crippen LogP contribution in [0.25, 0.3) is 0 Å². The van der Waals surface area contributed by atoms with Gasteiger partial charge < -0.3 is 10.2 Å². The van der Waals surface area contributed by atoms with Gasteiger partial charge >= 0.3 is 0 Å². The van der Waals surface area contributed by atoms with Crippen molar-refractivity contribution in [2.45, 2.75) is 12.5 Å². The summed E-state index contributed by atoms with van der Waals surface area (Å²) >= 11 is 3.50. The van der Waals surface area contributed by atoms with Crippen molar-refractivity contribution in [3.8, 4) is 0 Å². The third-order valence-corrected chi connectivity index (χ3v) is 2.96. The van der Waals surface area contributed by atoms with E-state index in [0.717, 1.165) is 17.4 Å². The minimum absolute atomic E-state index is 0.435. The van der Waals surface area contributed by atoms with Crippen molar-refractivity contribution < 1.29 is 0 Å². The van der Waals surface area contributed by atoms with Crippen LogP contribution in [0.4, 0.5) is 0 Å². The quantitative estimate of drug-likeness (QED) is 0.885. The molecule has 0 amide bonds. The normalized spacial score (nSPS) is 13.1. The minimum Gasteiger partial charge on any atom is -0.313 e.